The lowest BCUT2D eigenvalue weighted by atomic mass is 9.93. The van der Waals surface area contributed by atoms with Gasteiger partial charge in [-0.15, -0.1) is 5.10 Å². The van der Waals surface area contributed by atoms with Crippen LogP contribution in [0, 0.1) is 12.8 Å². The van der Waals surface area contributed by atoms with Crippen molar-refractivity contribution in [2.75, 3.05) is 37.7 Å². The third-order valence-corrected chi connectivity index (χ3v) is 4.97. The first kappa shape index (κ1) is 16.1. The number of likely N-dealkylation sites (tertiary alicyclic amines) is 1. The first-order valence-electron chi connectivity index (χ1n) is 8.70. The number of fused-ring (bicyclic) bond motifs is 1. The van der Waals surface area contributed by atoms with Gasteiger partial charge in [0.05, 0.1) is 24.7 Å². The average Bonchev–Trinajstić information content (AvgIpc) is 3.08. The summed E-state index contributed by atoms with van der Waals surface area (Å²) in [5.74, 6) is 1.61. The number of aromatic nitrogens is 2. The first-order chi connectivity index (χ1) is 12.2. The number of hydrogen-bond donors (Lipinski definition) is 0. The van der Waals surface area contributed by atoms with Crippen LogP contribution in [0.15, 0.2) is 34.9 Å². The number of aryl methyl sites for hydroxylation is 1. The van der Waals surface area contributed by atoms with Gasteiger partial charge in [-0.25, -0.2) is 0 Å². The number of hydrogen-bond acceptors (Lipinski definition) is 6. The number of furan rings is 1. The van der Waals surface area contributed by atoms with Crippen molar-refractivity contribution in [2.24, 2.45) is 5.92 Å². The van der Waals surface area contributed by atoms with Gasteiger partial charge in [-0.05, 0) is 37.6 Å². The largest absolute Gasteiger partial charge is 0.459 e. The van der Waals surface area contributed by atoms with Crippen LogP contribution >= 0.6 is 0 Å². The van der Waals surface area contributed by atoms with Crippen LogP contribution in [0.3, 0.4) is 0 Å². The predicted octanol–water partition coefficient (Wildman–Crippen LogP) is 1.75. The van der Waals surface area contributed by atoms with Crippen molar-refractivity contribution in [3.63, 3.8) is 0 Å². The Bertz CT molecular complexity index is 716. The third-order valence-electron chi connectivity index (χ3n) is 4.97. The number of nitrogens with zero attached hydrogens (tertiary/aromatic N) is 4. The smallest absolute Gasteiger partial charge is 0.289 e. The fraction of sp³-hybridized carbons (Fsp3) is 0.500. The lowest BCUT2D eigenvalue weighted by Crippen LogP contribution is -2.49. The maximum atomic E-state index is 12.5. The van der Waals surface area contributed by atoms with E-state index < -0.39 is 0 Å². The normalized spacial score (nSPS) is 23.9. The molecule has 0 N–H and O–H groups in total. The molecular weight excluding hydrogens is 320 g/mol. The number of carbonyl (C=O) groups excluding carboxylic acids is 1. The number of piperidine rings is 1. The van der Waals surface area contributed by atoms with E-state index in [4.69, 9.17) is 9.15 Å². The Morgan fingerprint density at radius 2 is 2.12 bits per heavy atom. The molecule has 2 fully saturated rings. The van der Waals surface area contributed by atoms with Gasteiger partial charge in [-0.1, -0.05) is 0 Å². The van der Waals surface area contributed by atoms with Crippen molar-refractivity contribution in [3.8, 4) is 0 Å². The van der Waals surface area contributed by atoms with E-state index in [2.05, 4.69) is 15.1 Å². The molecule has 4 heterocycles. The fourth-order valence-corrected chi connectivity index (χ4v) is 3.56. The Morgan fingerprint density at radius 3 is 2.88 bits per heavy atom. The maximum Gasteiger partial charge on any atom is 0.289 e. The first-order valence-corrected chi connectivity index (χ1v) is 8.70. The number of carbonyl (C=O) groups is 1. The van der Waals surface area contributed by atoms with Crippen molar-refractivity contribution in [2.45, 2.75) is 19.4 Å². The van der Waals surface area contributed by atoms with Gasteiger partial charge in [-0.3, -0.25) is 4.79 Å². The SMILES string of the molecule is Cc1ccc(N2CCO[C@H]3CN(C(=O)c4ccco4)CC[C@H]3C2)nn1. The van der Waals surface area contributed by atoms with E-state index in [-0.39, 0.29) is 12.0 Å². The summed E-state index contributed by atoms with van der Waals surface area (Å²) in [4.78, 5) is 16.6. The molecule has 132 valence electrons. The second-order valence-corrected chi connectivity index (χ2v) is 6.67. The summed E-state index contributed by atoms with van der Waals surface area (Å²) in [6, 6.07) is 7.44. The standard InChI is InChI=1S/C18H22N4O3/c1-13-4-5-17(20-19-13)21-8-10-25-16-12-22(7-6-14(16)11-21)18(23)15-3-2-9-24-15/h2-5,9,14,16H,6-8,10-12H2,1H3/t14-,16-/m0/s1. The molecule has 2 atom stereocenters. The van der Waals surface area contributed by atoms with Gasteiger partial charge in [0.2, 0.25) is 0 Å². The van der Waals surface area contributed by atoms with Gasteiger partial charge >= 0.3 is 0 Å². The summed E-state index contributed by atoms with van der Waals surface area (Å²) < 4.78 is 11.3. The van der Waals surface area contributed by atoms with Gasteiger partial charge in [0.25, 0.3) is 5.91 Å². The molecule has 0 aromatic carbocycles. The lowest BCUT2D eigenvalue weighted by Gasteiger charge is -2.37. The molecule has 0 radical (unpaired) electrons. The summed E-state index contributed by atoms with van der Waals surface area (Å²) in [6.07, 6.45) is 2.49. The molecule has 2 saturated heterocycles. The van der Waals surface area contributed by atoms with Crippen LogP contribution in [0.25, 0.3) is 0 Å². The highest BCUT2D eigenvalue weighted by Gasteiger charge is 2.36. The lowest BCUT2D eigenvalue weighted by molar-refractivity contribution is -0.0177. The van der Waals surface area contributed by atoms with Crippen molar-refractivity contribution in [3.05, 3.63) is 42.0 Å². The molecule has 7 nitrogen and oxygen atoms in total. The molecule has 0 aliphatic carbocycles. The second kappa shape index (κ2) is 6.84. The van der Waals surface area contributed by atoms with Gasteiger partial charge in [0.1, 0.15) is 0 Å². The molecule has 2 aliphatic heterocycles. The van der Waals surface area contributed by atoms with Crippen LogP contribution in [0.4, 0.5) is 5.82 Å². The Morgan fingerprint density at radius 1 is 1.20 bits per heavy atom. The quantitative estimate of drug-likeness (QED) is 0.828. The molecule has 2 aliphatic rings. The van der Waals surface area contributed by atoms with E-state index in [1.54, 1.807) is 12.1 Å². The van der Waals surface area contributed by atoms with Gasteiger partial charge in [0, 0.05) is 32.1 Å². The Kier molecular flexibility index (Phi) is 4.40. The monoisotopic (exact) mass is 342 g/mol. The molecule has 4 rings (SSSR count). The van der Waals surface area contributed by atoms with Crippen molar-refractivity contribution in [1.82, 2.24) is 15.1 Å². The molecule has 0 spiro atoms. The van der Waals surface area contributed by atoms with E-state index in [1.165, 1.54) is 6.26 Å². The van der Waals surface area contributed by atoms with Crippen LogP contribution in [0.1, 0.15) is 22.7 Å². The summed E-state index contributed by atoms with van der Waals surface area (Å²) in [5, 5.41) is 8.46. The molecule has 2 aromatic rings. The van der Waals surface area contributed by atoms with Gasteiger partial charge in [0.15, 0.2) is 11.6 Å². The zero-order valence-corrected chi connectivity index (χ0v) is 14.3. The van der Waals surface area contributed by atoms with E-state index in [0.717, 1.165) is 37.6 Å². The molecule has 1 amide bonds. The van der Waals surface area contributed by atoms with Crippen molar-refractivity contribution < 1.29 is 13.9 Å². The third kappa shape index (κ3) is 3.37. The highest BCUT2D eigenvalue weighted by Crippen LogP contribution is 2.27. The summed E-state index contributed by atoms with van der Waals surface area (Å²) in [5.41, 5.74) is 0.914. The second-order valence-electron chi connectivity index (χ2n) is 6.67. The van der Waals surface area contributed by atoms with Gasteiger partial charge < -0.3 is 19.0 Å². The fourth-order valence-electron chi connectivity index (χ4n) is 3.56. The highest BCUT2D eigenvalue weighted by molar-refractivity contribution is 5.91. The highest BCUT2D eigenvalue weighted by atomic mass is 16.5. The van der Waals surface area contributed by atoms with Crippen LogP contribution < -0.4 is 4.90 Å². The maximum absolute atomic E-state index is 12.5. The molecule has 7 heteroatoms. The van der Waals surface area contributed by atoms with E-state index in [0.29, 0.717) is 24.8 Å². The molecule has 0 unspecified atom stereocenters. The van der Waals surface area contributed by atoms with E-state index in [1.807, 2.05) is 24.0 Å². The Labute approximate surface area is 146 Å². The topological polar surface area (TPSA) is 71.7 Å². The van der Waals surface area contributed by atoms with Crippen LogP contribution in [0.5, 0.6) is 0 Å². The average molecular weight is 342 g/mol. The van der Waals surface area contributed by atoms with Crippen molar-refractivity contribution >= 4 is 11.7 Å². The minimum atomic E-state index is -0.0578. The van der Waals surface area contributed by atoms with Crippen LogP contribution in [0.2, 0.25) is 0 Å². The molecular formula is C18H22N4O3. The Hall–Kier alpha value is -2.41. The predicted molar refractivity (Wildman–Crippen MR) is 91.4 cm³/mol. The molecule has 0 saturated carbocycles. The molecule has 0 bridgehead atoms. The van der Waals surface area contributed by atoms with E-state index in [9.17, 15) is 4.79 Å². The van der Waals surface area contributed by atoms with Crippen LogP contribution in [-0.4, -0.2) is 59.9 Å². The summed E-state index contributed by atoms with van der Waals surface area (Å²) in [6.45, 7) is 5.56. The summed E-state index contributed by atoms with van der Waals surface area (Å²) in [7, 11) is 0. The number of amides is 1. The zero-order chi connectivity index (χ0) is 17.2. The Balaban J connectivity index is 1.43. The number of ether oxygens (including phenoxy) is 1. The minimum Gasteiger partial charge on any atom is -0.459 e. The van der Waals surface area contributed by atoms with E-state index >= 15 is 0 Å². The number of rotatable bonds is 2. The zero-order valence-electron chi connectivity index (χ0n) is 14.3. The van der Waals surface area contributed by atoms with Crippen LogP contribution in [-0.2, 0) is 4.74 Å². The van der Waals surface area contributed by atoms with Crippen molar-refractivity contribution in [1.29, 1.82) is 0 Å². The molecule has 25 heavy (non-hydrogen) atoms. The minimum absolute atomic E-state index is 0.0519. The summed E-state index contributed by atoms with van der Waals surface area (Å²) >= 11 is 0. The number of anilines is 1. The van der Waals surface area contributed by atoms with Gasteiger partial charge in [-0.2, -0.15) is 5.10 Å². The molecule has 2 aromatic heterocycles.